The van der Waals surface area contributed by atoms with E-state index in [1.165, 1.54) is 23.0 Å². The number of hydrogen-bond donors (Lipinski definition) is 1. The first-order chi connectivity index (χ1) is 17.9. The van der Waals surface area contributed by atoms with E-state index in [2.05, 4.69) is 0 Å². The van der Waals surface area contributed by atoms with Crippen LogP contribution in [0.2, 0.25) is 0 Å². The zero-order valence-electron chi connectivity index (χ0n) is 20.1. The minimum atomic E-state index is -1.10. The number of halogens is 2. The van der Waals surface area contributed by atoms with Crippen LogP contribution < -0.4 is 15.2 Å². The maximum absolute atomic E-state index is 15.2. The lowest BCUT2D eigenvalue weighted by Gasteiger charge is -2.46. The van der Waals surface area contributed by atoms with Gasteiger partial charge in [0.2, 0.25) is 11.2 Å². The fourth-order valence-corrected chi connectivity index (χ4v) is 5.36. The molecule has 1 aliphatic carbocycles. The lowest BCUT2D eigenvalue weighted by molar-refractivity contribution is 0.0610. The highest BCUT2D eigenvalue weighted by Gasteiger charge is 2.44. The van der Waals surface area contributed by atoms with Crippen LogP contribution in [-0.4, -0.2) is 39.9 Å². The molecule has 1 aromatic heterocycles. The standard InChI is InChI=1S/C28H25F2N3O4/c1-16-5-2-3-6-18(16)24-19-10-11-20(29)23(30)27(19)37-14-4-7-21(17-8-9-17)31-15-33(24)32-13-12-22(34)26(35)25(32)28(31)36/h2-7,10-13,17,21,24,35H,8-9,14-15H2,1H3/b7-4+/t21-,24-/m0/s1. The summed E-state index contributed by atoms with van der Waals surface area (Å²) in [6, 6.07) is 10.2. The van der Waals surface area contributed by atoms with Crippen LogP contribution in [0.1, 0.15) is 46.1 Å². The SMILES string of the molecule is Cc1ccccc1[C@H]1c2ccc(F)c(F)c2OC/C=C/[C@@H](C2CC2)N2CN1n1ccc(=O)c(O)c1C2=O. The van der Waals surface area contributed by atoms with Crippen LogP contribution in [0.15, 0.2) is 65.6 Å². The summed E-state index contributed by atoms with van der Waals surface area (Å²) in [5.41, 5.74) is 1.16. The average Bonchev–Trinajstić information content (AvgIpc) is 3.72. The Morgan fingerprint density at radius 1 is 1.03 bits per heavy atom. The van der Waals surface area contributed by atoms with Crippen LogP contribution in [0, 0.1) is 24.5 Å². The van der Waals surface area contributed by atoms with Gasteiger partial charge in [0.05, 0.1) is 6.04 Å². The third kappa shape index (κ3) is 3.77. The van der Waals surface area contributed by atoms with Crippen LogP contribution in [0.3, 0.4) is 0 Å². The molecule has 3 heterocycles. The number of amides is 1. The molecule has 0 spiro atoms. The molecular formula is C28H25F2N3O4. The largest absolute Gasteiger partial charge is 0.502 e. The summed E-state index contributed by atoms with van der Waals surface area (Å²) in [5.74, 6) is -3.27. The highest BCUT2D eigenvalue weighted by atomic mass is 19.2. The van der Waals surface area contributed by atoms with Crippen molar-refractivity contribution in [2.75, 3.05) is 18.3 Å². The van der Waals surface area contributed by atoms with Crippen molar-refractivity contribution in [3.63, 3.8) is 0 Å². The van der Waals surface area contributed by atoms with E-state index in [4.69, 9.17) is 4.74 Å². The number of aryl methyl sites for hydroxylation is 1. The van der Waals surface area contributed by atoms with Gasteiger partial charge in [-0.3, -0.25) is 19.3 Å². The van der Waals surface area contributed by atoms with E-state index in [0.717, 1.165) is 30.0 Å². The molecule has 2 atom stereocenters. The Labute approximate surface area is 211 Å². The minimum absolute atomic E-state index is 0.0187. The van der Waals surface area contributed by atoms with E-state index in [1.54, 1.807) is 16.0 Å². The number of pyridine rings is 1. The van der Waals surface area contributed by atoms with Gasteiger partial charge in [0.1, 0.15) is 19.3 Å². The smallest absolute Gasteiger partial charge is 0.278 e. The molecule has 2 bridgehead atoms. The van der Waals surface area contributed by atoms with E-state index in [1.807, 2.05) is 37.3 Å². The number of aromatic nitrogens is 1. The van der Waals surface area contributed by atoms with Gasteiger partial charge in [0, 0.05) is 17.8 Å². The number of fused-ring (bicyclic) bond motifs is 5. The molecule has 2 aromatic carbocycles. The van der Waals surface area contributed by atoms with Gasteiger partial charge >= 0.3 is 0 Å². The topological polar surface area (TPSA) is 75.0 Å². The third-order valence-corrected chi connectivity index (χ3v) is 7.37. The van der Waals surface area contributed by atoms with Crippen molar-refractivity contribution in [3.05, 3.63) is 105 Å². The molecule has 7 nitrogen and oxygen atoms in total. The van der Waals surface area contributed by atoms with Crippen LogP contribution in [0.5, 0.6) is 11.5 Å². The Hall–Kier alpha value is -4.14. The summed E-state index contributed by atoms with van der Waals surface area (Å²) in [6.07, 6.45) is 6.82. The predicted octanol–water partition coefficient (Wildman–Crippen LogP) is 4.01. The van der Waals surface area contributed by atoms with Gasteiger partial charge < -0.3 is 14.7 Å². The molecule has 1 N–H and O–H groups in total. The number of carbonyl (C=O) groups is 1. The summed E-state index contributed by atoms with van der Waals surface area (Å²) in [6.45, 7) is 1.97. The van der Waals surface area contributed by atoms with E-state index < -0.39 is 34.8 Å². The average molecular weight is 506 g/mol. The zero-order valence-corrected chi connectivity index (χ0v) is 20.1. The Bertz CT molecular complexity index is 1500. The molecule has 3 aliphatic rings. The van der Waals surface area contributed by atoms with Crippen molar-refractivity contribution in [2.24, 2.45) is 5.92 Å². The van der Waals surface area contributed by atoms with Gasteiger partial charge in [-0.1, -0.05) is 30.3 Å². The summed E-state index contributed by atoms with van der Waals surface area (Å²) in [5, 5.41) is 12.6. The van der Waals surface area contributed by atoms with Crippen LogP contribution in [-0.2, 0) is 0 Å². The van der Waals surface area contributed by atoms with E-state index in [0.29, 0.717) is 5.56 Å². The number of benzene rings is 2. The zero-order chi connectivity index (χ0) is 25.8. The first-order valence-corrected chi connectivity index (χ1v) is 12.2. The van der Waals surface area contributed by atoms with Crippen LogP contribution in [0.4, 0.5) is 8.78 Å². The molecule has 190 valence electrons. The molecule has 6 rings (SSSR count). The Balaban J connectivity index is 1.67. The van der Waals surface area contributed by atoms with Crippen molar-refractivity contribution in [2.45, 2.75) is 31.8 Å². The minimum Gasteiger partial charge on any atom is -0.502 e. The summed E-state index contributed by atoms with van der Waals surface area (Å²) in [7, 11) is 0. The number of ether oxygens (including phenoxy) is 1. The summed E-state index contributed by atoms with van der Waals surface area (Å²) < 4.78 is 36.9. The Morgan fingerprint density at radius 2 is 1.81 bits per heavy atom. The lowest BCUT2D eigenvalue weighted by atomic mass is 9.93. The highest BCUT2D eigenvalue weighted by molar-refractivity contribution is 5.96. The first kappa shape index (κ1) is 23.3. The number of rotatable bonds is 2. The van der Waals surface area contributed by atoms with Gasteiger partial charge in [0.25, 0.3) is 5.91 Å². The van der Waals surface area contributed by atoms with Crippen LogP contribution in [0.25, 0.3) is 0 Å². The van der Waals surface area contributed by atoms with Crippen molar-refractivity contribution in [1.82, 2.24) is 9.58 Å². The third-order valence-electron chi connectivity index (χ3n) is 7.37. The lowest BCUT2D eigenvalue weighted by Crippen LogP contribution is -2.58. The molecule has 0 radical (unpaired) electrons. The Morgan fingerprint density at radius 3 is 2.57 bits per heavy atom. The molecule has 0 unspecified atom stereocenters. The molecule has 9 heteroatoms. The summed E-state index contributed by atoms with van der Waals surface area (Å²) in [4.78, 5) is 27.8. The molecule has 1 saturated carbocycles. The van der Waals surface area contributed by atoms with Gasteiger partial charge in [-0.15, -0.1) is 0 Å². The number of carbonyl (C=O) groups excluding carboxylic acids is 1. The molecule has 1 amide bonds. The fourth-order valence-electron chi connectivity index (χ4n) is 5.36. The van der Waals surface area contributed by atoms with Crippen molar-refractivity contribution in [1.29, 1.82) is 0 Å². The van der Waals surface area contributed by atoms with Gasteiger partial charge in [-0.05, 0) is 55.0 Å². The predicted molar refractivity (Wildman–Crippen MR) is 132 cm³/mol. The van der Waals surface area contributed by atoms with E-state index >= 15 is 4.39 Å². The highest BCUT2D eigenvalue weighted by Crippen LogP contribution is 2.42. The Kier molecular flexibility index (Phi) is 5.51. The molecule has 2 aliphatic heterocycles. The molecule has 1 fully saturated rings. The van der Waals surface area contributed by atoms with Crippen molar-refractivity contribution < 1.29 is 23.4 Å². The van der Waals surface area contributed by atoms with Gasteiger partial charge in [0.15, 0.2) is 23.0 Å². The molecular weight excluding hydrogens is 480 g/mol. The van der Waals surface area contributed by atoms with Gasteiger partial charge in [-0.25, -0.2) is 4.39 Å². The second-order valence-corrected chi connectivity index (χ2v) is 9.68. The number of hydrogen-bond acceptors (Lipinski definition) is 5. The molecule has 0 saturated heterocycles. The van der Waals surface area contributed by atoms with E-state index in [-0.39, 0.29) is 36.7 Å². The maximum atomic E-state index is 15.2. The first-order valence-electron chi connectivity index (χ1n) is 12.2. The normalized spacial score (nSPS) is 22.0. The second kappa shape index (κ2) is 8.76. The van der Waals surface area contributed by atoms with E-state index in [9.17, 15) is 19.1 Å². The maximum Gasteiger partial charge on any atom is 0.278 e. The summed E-state index contributed by atoms with van der Waals surface area (Å²) >= 11 is 0. The van der Waals surface area contributed by atoms with Crippen LogP contribution >= 0.6 is 0 Å². The fraction of sp³-hybridized carbons (Fsp3) is 0.286. The second-order valence-electron chi connectivity index (χ2n) is 9.68. The quantitative estimate of drug-likeness (QED) is 0.533. The van der Waals surface area contributed by atoms with Crippen molar-refractivity contribution >= 4 is 5.91 Å². The number of aromatic hydroxyl groups is 1. The number of nitrogens with zero attached hydrogens (tertiary/aromatic N) is 3. The van der Waals surface area contributed by atoms with Gasteiger partial charge in [-0.2, -0.15) is 4.39 Å². The monoisotopic (exact) mass is 505 g/mol. The molecule has 37 heavy (non-hydrogen) atoms. The van der Waals surface area contributed by atoms with Crippen molar-refractivity contribution in [3.8, 4) is 11.5 Å². The molecule has 3 aromatic rings.